The van der Waals surface area contributed by atoms with Crippen molar-refractivity contribution in [2.75, 3.05) is 13.1 Å². The van der Waals surface area contributed by atoms with Gasteiger partial charge in [0.25, 0.3) is 0 Å². The Morgan fingerprint density at radius 2 is 1.82 bits per heavy atom. The zero-order valence-corrected chi connectivity index (χ0v) is 12.9. The van der Waals surface area contributed by atoms with Crippen LogP contribution in [0.4, 0.5) is 0 Å². The first-order valence-electron chi connectivity index (χ1n) is 7.26. The average Bonchev–Trinajstić information content (AvgIpc) is 2.69. The molecule has 2 aromatic rings. The summed E-state index contributed by atoms with van der Waals surface area (Å²) in [6.07, 6.45) is 1.12. The molecule has 1 fully saturated rings. The Morgan fingerprint density at radius 3 is 2.64 bits per heavy atom. The summed E-state index contributed by atoms with van der Waals surface area (Å²) in [4.78, 5) is 12.2. The van der Waals surface area contributed by atoms with Gasteiger partial charge in [-0.15, -0.1) is 0 Å². The Balaban J connectivity index is 2.06. The third kappa shape index (κ3) is 2.65. The molecule has 22 heavy (non-hydrogen) atoms. The maximum atomic E-state index is 12.9. The van der Waals surface area contributed by atoms with E-state index in [1.54, 1.807) is 18.2 Å². The van der Waals surface area contributed by atoms with Gasteiger partial charge in [0, 0.05) is 11.9 Å². The lowest BCUT2D eigenvalue weighted by atomic mass is 10.1. The lowest BCUT2D eigenvalue weighted by Gasteiger charge is -2.20. The highest BCUT2D eigenvalue weighted by atomic mass is 32.2. The monoisotopic (exact) mass is 318 g/mol. The molecule has 1 heterocycles. The van der Waals surface area contributed by atoms with Gasteiger partial charge in [0.05, 0.1) is 17.5 Å². The Morgan fingerprint density at radius 1 is 1.09 bits per heavy atom. The van der Waals surface area contributed by atoms with Crippen LogP contribution in [0.1, 0.15) is 12.8 Å². The molecule has 5 nitrogen and oxygen atoms in total. The van der Waals surface area contributed by atoms with E-state index in [1.807, 2.05) is 24.3 Å². The summed E-state index contributed by atoms with van der Waals surface area (Å²) in [6.45, 7) is 0.178. The summed E-state index contributed by atoms with van der Waals surface area (Å²) in [5.74, 6) is -0.221. The van der Waals surface area contributed by atoms with Crippen LogP contribution >= 0.6 is 0 Å². The number of sulfonamides is 1. The number of rotatable bonds is 2. The van der Waals surface area contributed by atoms with Crippen molar-refractivity contribution < 1.29 is 13.2 Å². The van der Waals surface area contributed by atoms with Gasteiger partial charge in [0.2, 0.25) is 10.0 Å². The molecule has 0 radical (unpaired) electrons. The van der Waals surface area contributed by atoms with Crippen LogP contribution < -0.4 is 5.73 Å². The molecule has 1 aliphatic rings. The number of nitrogens with two attached hydrogens (primary N) is 1. The molecule has 0 amide bonds. The summed E-state index contributed by atoms with van der Waals surface area (Å²) in [5.41, 5.74) is 5.74. The van der Waals surface area contributed by atoms with Crippen LogP contribution in [0.2, 0.25) is 0 Å². The first-order chi connectivity index (χ1) is 10.5. The fourth-order valence-corrected chi connectivity index (χ4v) is 4.44. The summed E-state index contributed by atoms with van der Waals surface area (Å²) in [5, 5.41) is 1.53. The number of hydrogen-bond donors (Lipinski definition) is 1. The van der Waals surface area contributed by atoms with Gasteiger partial charge in [0.1, 0.15) is 0 Å². The molecule has 0 saturated carbocycles. The Kier molecular flexibility index (Phi) is 3.99. The predicted octanol–water partition coefficient (Wildman–Crippen LogP) is 1.52. The highest BCUT2D eigenvalue weighted by Crippen LogP contribution is 2.26. The van der Waals surface area contributed by atoms with E-state index in [4.69, 9.17) is 5.73 Å². The van der Waals surface area contributed by atoms with Crippen LogP contribution in [-0.2, 0) is 14.8 Å². The van der Waals surface area contributed by atoms with Gasteiger partial charge in [0.15, 0.2) is 5.78 Å². The van der Waals surface area contributed by atoms with Crippen LogP contribution in [0.15, 0.2) is 47.4 Å². The minimum atomic E-state index is -3.71. The second kappa shape index (κ2) is 5.79. The van der Waals surface area contributed by atoms with Crippen molar-refractivity contribution in [3.8, 4) is 0 Å². The number of carbonyl (C=O) groups excluding carboxylic acids is 1. The SMILES string of the molecule is NC1CCCN(S(=O)(=O)c2cccc3ccccc23)CC1=O. The van der Waals surface area contributed by atoms with Gasteiger partial charge in [-0.05, 0) is 24.3 Å². The molecule has 6 heteroatoms. The third-order valence-electron chi connectivity index (χ3n) is 4.04. The zero-order chi connectivity index (χ0) is 15.7. The van der Waals surface area contributed by atoms with Gasteiger partial charge in [-0.3, -0.25) is 4.79 Å². The predicted molar refractivity (Wildman–Crippen MR) is 84.9 cm³/mol. The normalized spacial score (nSPS) is 21.0. The number of carbonyl (C=O) groups is 1. The second-order valence-electron chi connectivity index (χ2n) is 5.53. The van der Waals surface area contributed by atoms with E-state index in [2.05, 4.69) is 0 Å². The molecule has 1 saturated heterocycles. The average molecular weight is 318 g/mol. The van der Waals surface area contributed by atoms with E-state index in [-0.39, 0.29) is 17.2 Å². The first kappa shape index (κ1) is 15.1. The van der Waals surface area contributed by atoms with Crippen molar-refractivity contribution in [3.63, 3.8) is 0 Å². The topological polar surface area (TPSA) is 80.5 Å². The van der Waals surface area contributed by atoms with E-state index in [0.717, 1.165) is 5.39 Å². The molecule has 0 bridgehead atoms. The Labute approximate surface area is 129 Å². The van der Waals surface area contributed by atoms with Crippen molar-refractivity contribution in [1.29, 1.82) is 0 Å². The molecular formula is C16H18N2O3S. The van der Waals surface area contributed by atoms with Crippen LogP contribution in [0.3, 0.4) is 0 Å². The number of nitrogens with zero attached hydrogens (tertiary/aromatic N) is 1. The lowest BCUT2D eigenvalue weighted by molar-refractivity contribution is -0.120. The van der Waals surface area contributed by atoms with Crippen LogP contribution in [0, 0.1) is 0 Å². The third-order valence-corrected chi connectivity index (χ3v) is 5.94. The second-order valence-corrected chi connectivity index (χ2v) is 7.44. The molecule has 0 aliphatic carbocycles. The molecule has 1 aliphatic heterocycles. The van der Waals surface area contributed by atoms with E-state index in [9.17, 15) is 13.2 Å². The summed E-state index contributed by atoms with van der Waals surface area (Å²) in [7, 11) is -3.71. The molecule has 116 valence electrons. The quantitative estimate of drug-likeness (QED) is 0.910. The minimum absolute atomic E-state index is 0.146. The molecule has 3 rings (SSSR count). The molecule has 0 spiro atoms. The molecule has 0 aromatic heterocycles. The largest absolute Gasteiger partial charge is 0.321 e. The first-order valence-corrected chi connectivity index (χ1v) is 8.70. The fraction of sp³-hybridized carbons (Fsp3) is 0.312. The summed E-state index contributed by atoms with van der Waals surface area (Å²) in [6, 6.07) is 12.0. The smallest absolute Gasteiger partial charge is 0.244 e. The minimum Gasteiger partial charge on any atom is -0.321 e. The lowest BCUT2D eigenvalue weighted by Crippen LogP contribution is -2.39. The Bertz CT molecular complexity index is 812. The Hall–Kier alpha value is -1.76. The van der Waals surface area contributed by atoms with E-state index in [0.29, 0.717) is 24.8 Å². The summed E-state index contributed by atoms with van der Waals surface area (Å²) < 4.78 is 27.1. The molecule has 2 aromatic carbocycles. The molecule has 2 N–H and O–H groups in total. The number of hydrogen-bond acceptors (Lipinski definition) is 4. The standard InChI is InChI=1S/C16H18N2O3S/c17-14-8-4-10-18(11-15(14)19)22(20,21)16-9-3-6-12-5-1-2-7-13(12)16/h1-3,5-7,9,14H,4,8,10-11,17H2. The number of benzene rings is 2. The molecular weight excluding hydrogens is 300 g/mol. The van der Waals surface area contributed by atoms with Gasteiger partial charge < -0.3 is 5.73 Å². The van der Waals surface area contributed by atoms with Gasteiger partial charge in [-0.1, -0.05) is 36.4 Å². The highest BCUT2D eigenvalue weighted by Gasteiger charge is 2.31. The number of Topliss-reactive ketones (excluding diaryl/α,β-unsaturated/α-hetero) is 1. The fourth-order valence-electron chi connectivity index (χ4n) is 2.78. The van der Waals surface area contributed by atoms with Crippen molar-refractivity contribution in [1.82, 2.24) is 4.31 Å². The maximum absolute atomic E-state index is 12.9. The van der Waals surface area contributed by atoms with Crippen LogP contribution in [-0.4, -0.2) is 37.6 Å². The van der Waals surface area contributed by atoms with Crippen molar-refractivity contribution in [2.45, 2.75) is 23.8 Å². The van der Waals surface area contributed by atoms with E-state index < -0.39 is 16.1 Å². The van der Waals surface area contributed by atoms with E-state index >= 15 is 0 Å². The number of ketones is 1. The van der Waals surface area contributed by atoms with Crippen molar-refractivity contribution in [2.24, 2.45) is 5.73 Å². The van der Waals surface area contributed by atoms with Gasteiger partial charge >= 0.3 is 0 Å². The van der Waals surface area contributed by atoms with Crippen molar-refractivity contribution >= 4 is 26.6 Å². The highest BCUT2D eigenvalue weighted by molar-refractivity contribution is 7.89. The van der Waals surface area contributed by atoms with Crippen LogP contribution in [0.5, 0.6) is 0 Å². The van der Waals surface area contributed by atoms with Crippen LogP contribution in [0.25, 0.3) is 10.8 Å². The zero-order valence-electron chi connectivity index (χ0n) is 12.1. The summed E-state index contributed by atoms with van der Waals surface area (Å²) >= 11 is 0. The van der Waals surface area contributed by atoms with Gasteiger partial charge in [-0.2, -0.15) is 4.31 Å². The van der Waals surface area contributed by atoms with E-state index in [1.165, 1.54) is 4.31 Å². The van der Waals surface area contributed by atoms with Gasteiger partial charge in [-0.25, -0.2) is 8.42 Å². The van der Waals surface area contributed by atoms with Crippen molar-refractivity contribution in [3.05, 3.63) is 42.5 Å². The molecule has 1 unspecified atom stereocenters. The molecule has 1 atom stereocenters. The maximum Gasteiger partial charge on any atom is 0.244 e. The number of fused-ring (bicyclic) bond motifs is 1.